The zero-order valence-corrected chi connectivity index (χ0v) is 15.0. The first-order valence-corrected chi connectivity index (χ1v) is 9.38. The number of hydrogen-bond acceptors (Lipinski definition) is 4. The smallest absolute Gasteiger partial charge is 0.319 e. The maximum atomic E-state index is 12.1. The molecule has 0 aliphatic carbocycles. The van der Waals surface area contributed by atoms with Crippen LogP contribution in [-0.2, 0) is 9.53 Å². The minimum absolute atomic E-state index is 0.124. The molecule has 142 valence electrons. The number of ether oxygens (including phenoxy) is 2. The lowest BCUT2D eigenvalue weighted by Crippen LogP contribution is -2.41. The topological polar surface area (TPSA) is 79.9 Å². The molecule has 0 saturated carbocycles. The third-order valence-electron chi connectivity index (χ3n) is 4.67. The van der Waals surface area contributed by atoms with Crippen molar-refractivity contribution in [1.29, 1.82) is 0 Å². The molecule has 1 aromatic rings. The molecule has 3 amide bonds. The van der Waals surface area contributed by atoms with Crippen molar-refractivity contribution in [1.82, 2.24) is 10.2 Å². The summed E-state index contributed by atoms with van der Waals surface area (Å²) in [6.07, 6.45) is 4.81. The number of rotatable bonds is 7. The minimum atomic E-state index is -0.303. The average molecular weight is 361 g/mol. The summed E-state index contributed by atoms with van der Waals surface area (Å²) in [5.41, 5.74) is 0.622. The third kappa shape index (κ3) is 5.36. The summed E-state index contributed by atoms with van der Waals surface area (Å²) in [5.74, 6) is 0.802. The lowest BCUT2D eigenvalue weighted by Gasteiger charge is -2.26. The van der Waals surface area contributed by atoms with Crippen molar-refractivity contribution < 1.29 is 19.1 Å². The molecule has 2 N–H and O–H groups in total. The highest BCUT2D eigenvalue weighted by atomic mass is 16.5. The number of likely N-dealkylation sites (tertiary alicyclic amines) is 1. The molecular formula is C19H27N3O4. The summed E-state index contributed by atoms with van der Waals surface area (Å²) in [6.45, 7) is 3.02. The van der Waals surface area contributed by atoms with Crippen LogP contribution in [0, 0.1) is 0 Å². The Labute approximate surface area is 154 Å². The number of carbonyl (C=O) groups is 2. The first-order valence-electron chi connectivity index (χ1n) is 9.38. The molecule has 1 unspecified atom stereocenters. The third-order valence-corrected chi connectivity index (χ3v) is 4.67. The van der Waals surface area contributed by atoms with Crippen LogP contribution in [0.3, 0.4) is 0 Å². The maximum Gasteiger partial charge on any atom is 0.319 e. The van der Waals surface area contributed by atoms with Gasteiger partial charge in [0, 0.05) is 32.7 Å². The summed E-state index contributed by atoms with van der Waals surface area (Å²) < 4.78 is 11.4. The second-order valence-electron chi connectivity index (χ2n) is 6.66. The first kappa shape index (κ1) is 18.5. The van der Waals surface area contributed by atoms with Gasteiger partial charge in [-0.1, -0.05) is 12.1 Å². The van der Waals surface area contributed by atoms with Crippen molar-refractivity contribution >= 4 is 17.6 Å². The van der Waals surface area contributed by atoms with Gasteiger partial charge >= 0.3 is 6.03 Å². The second-order valence-corrected chi connectivity index (χ2v) is 6.66. The number of hydrogen-bond donors (Lipinski definition) is 2. The molecule has 7 heteroatoms. The van der Waals surface area contributed by atoms with E-state index < -0.39 is 0 Å². The molecule has 0 bridgehead atoms. The van der Waals surface area contributed by atoms with E-state index in [9.17, 15) is 9.59 Å². The average Bonchev–Trinajstić information content (AvgIpc) is 3.16. The molecule has 1 aromatic carbocycles. The Bertz CT molecular complexity index is 617. The predicted octanol–water partition coefficient (Wildman–Crippen LogP) is 2.38. The standard InChI is InChI=1S/C19H27N3O4/c23-18-9-3-4-11-22(18)12-10-20-19(24)21-16-7-1-2-8-17(16)26-14-15-6-5-13-25-15/h1-2,7-8,15H,3-6,9-14H2,(H2,20,21,24). The molecule has 0 aromatic heterocycles. The molecule has 2 heterocycles. The lowest BCUT2D eigenvalue weighted by molar-refractivity contribution is -0.133. The number of amides is 3. The Morgan fingerprint density at radius 3 is 2.96 bits per heavy atom. The number of para-hydroxylation sites is 2. The largest absolute Gasteiger partial charge is 0.489 e. The lowest BCUT2D eigenvalue weighted by atomic mass is 10.1. The quantitative estimate of drug-likeness (QED) is 0.781. The molecule has 26 heavy (non-hydrogen) atoms. The van der Waals surface area contributed by atoms with E-state index in [1.54, 1.807) is 6.07 Å². The highest BCUT2D eigenvalue weighted by molar-refractivity contribution is 5.90. The summed E-state index contributed by atoms with van der Waals surface area (Å²) in [7, 11) is 0. The highest BCUT2D eigenvalue weighted by Crippen LogP contribution is 2.25. The number of nitrogens with one attached hydrogen (secondary N) is 2. The van der Waals surface area contributed by atoms with E-state index in [-0.39, 0.29) is 18.0 Å². The zero-order valence-electron chi connectivity index (χ0n) is 15.0. The molecule has 3 rings (SSSR count). The summed E-state index contributed by atoms with van der Waals surface area (Å²) in [4.78, 5) is 25.7. The van der Waals surface area contributed by atoms with Crippen LogP contribution in [0.1, 0.15) is 32.1 Å². The summed E-state index contributed by atoms with van der Waals surface area (Å²) >= 11 is 0. The van der Waals surface area contributed by atoms with Gasteiger partial charge in [0.05, 0.1) is 11.8 Å². The van der Waals surface area contributed by atoms with Gasteiger partial charge in [-0.3, -0.25) is 4.79 Å². The number of benzene rings is 1. The van der Waals surface area contributed by atoms with Gasteiger partial charge in [0.15, 0.2) is 0 Å². The highest BCUT2D eigenvalue weighted by Gasteiger charge is 2.18. The van der Waals surface area contributed by atoms with Crippen molar-refractivity contribution in [3.8, 4) is 5.75 Å². The molecule has 2 fully saturated rings. The Morgan fingerprint density at radius 1 is 1.27 bits per heavy atom. The van der Waals surface area contributed by atoms with Gasteiger partial charge in [-0.15, -0.1) is 0 Å². The first-order chi connectivity index (χ1) is 12.7. The van der Waals surface area contributed by atoms with Gasteiger partial charge in [-0.25, -0.2) is 4.79 Å². The number of nitrogens with zero attached hydrogens (tertiary/aromatic N) is 1. The molecule has 0 spiro atoms. The molecule has 7 nitrogen and oxygen atoms in total. The fourth-order valence-corrected chi connectivity index (χ4v) is 3.22. The van der Waals surface area contributed by atoms with Crippen LogP contribution in [0.5, 0.6) is 5.75 Å². The fourth-order valence-electron chi connectivity index (χ4n) is 3.22. The Kier molecular flexibility index (Phi) is 6.71. The van der Waals surface area contributed by atoms with Crippen molar-refractivity contribution in [2.24, 2.45) is 0 Å². The van der Waals surface area contributed by atoms with Gasteiger partial charge in [0.1, 0.15) is 12.4 Å². The van der Waals surface area contributed by atoms with Gasteiger partial charge in [0.2, 0.25) is 5.91 Å². The van der Waals surface area contributed by atoms with Crippen LogP contribution < -0.4 is 15.4 Å². The van der Waals surface area contributed by atoms with Crippen LogP contribution >= 0.6 is 0 Å². The molecule has 2 aliphatic heterocycles. The minimum Gasteiger partial charge on any atom is -0.489 e. The van der Waals surface area contributed by atoms with Crippen molar-refractivity contribution in [2.45, 2.75) is 38.2 Å². The van der Waals surface area contributed by atoms with Gasteiger partial charge in [0.25, 0.3) is 0 Å². The number of carbonyl (C=O) groups excluding carboxylic acids is 2. The van der Waals surface area contributed by atoms with E-state index >= 15 is 0 Å². The molecular weight excluding hydrogens is 334 g/mol. The zero-order chi connectivity index (χ0) is 18.2. The van der Waals surface area contributed by atoms with Crippen LogP contribution in [0.15, 0.2) is 24.3 Å². The SMILES string of the molecule is O=C(NCCN1CCCCC1=O)Nc1ccccc1OCC1CCCO1. The molecule has 2 saturated heterocycles. The number of piperidine rings is 1. The van der Waals surface area contributed by atoms with E-state index in [0.29, 0.717) is 37.6 Å². The van der Waals surface area contributed by atoms with E-state index in [0.717, 1.165) is 38.8 Å². The predicted molar refractivity (Wildman–Crippen MR) is 98.4 cm³/mol. The van der Waals surface area contributed by atoms with Crippen molar-refractivity contribution in [3.05, 3.63) is 24.3 Å². The number of anilines is 1. The Hall–Kier alpha value is -2.28. The number of urea groups is 1. The summed E-state index contributed by atoms with van der Waals surface area (Å²) in [6, 6.07) is 7.05. The Morgan fingerprint density at radius 2 is 2.15 bits per heavy atom. The van der Waals surface area contributed by atoms with Gasteiger partial charge in [-0.05, 0) is 37.8 Å². The van der Waals surface area contributed by atoms with Crippen LogP contribution in [0.2, 0.25) is 0 Å². The molecule has 1 atom stereocenters. The van der Waals surface area contributed by atoms with Crippen molar-refractivity contribution in [2.75, 3.05) is 38.2 Å². The Balaban J connectivity index is 1.43. The maximum absolute atomic E-state index is 12.1. The monoisotopic (exact) mass is 361 g/mol. The van der Waals surface area contributed by atoms with Gasteiger partial charge < -0.3 is 25.0 Å². The molecule has 0 radical (unpaired) electrons. The van der Waals surface area contributed by atoms with Crippen LogP contribution in [0.25, 0.3) is 0 Å². The van der Waals surface area contributed by atoms with E-state index in [4.69, 9.17) is 9.47 Å². The van der Waals surface area contributed by atoms with E-state index in [2.05, 4.69) is 10.6 Å². The fraction of sp³-hybridized carbons (Fsp3) is 0.579. The normalized spacial score (nSPS) is 20.1. The van der Waals surface area contributed by atoms with E-state index in [1.807, 2.05) is 23.1 Å². The second kappa shape index (κ2) is 9.43. The van der Waals surface area contributed by atoms with Crippen molar-refractivity contribution in [3.63, 3.8) is 0 Å². The van der Waals surface area contributed by atoms with Crippen LogP contribution in [-0.4, -0.2) is 55.8 Å². The molecule has 2 aliphatic rings. The van der Waals surface area contributed by atoms with Crippen LogP contribution in [0.4, 0.5) is 10.5 Å². The van der Waals surface area contributed by atoms with E-state index in [1.165, 1.54) is 0 Å². The van der Waals surface area contributed by atoms with Gasteiger partial charge in [-0.2, -0.15) is 0 Å². The summed E-state index contributed by atoms with van der Waals surface area (Å²) in [5, 5.41) is 5.61.